The number of alkyl halides is 2. The van der Waals surface area contributed by atoms with Crippen LogP contribution in [0, 0.1) is 0 Å². The van der Waals surface area contributed by atoms with E-state index < -0.39 is 5.92 Å². The van der Waals surface area contributed by atoms with Crippen LogP contribution < -0.4 is 0 Å². The molecule has 0 aromatic heterocycles. The molecule has 1 rings (SSSR count). The molecule has 1 aromatic carbocycles. The maximum absolute atomic E-state index is 12.9. The topological polar surface area (TPSA) is 0 Å². The summed E-state index contributed by atoms with van der Waals surface area (Å²) in [7, 11) is 0. The minimum absolute atomic E-state index is 0.259. The van der Waals surface area contributed by atoms with E-state index in [1.807, 2.05) is 0 Å². The first kappa shape index (κ1) is 11.5. The highest BCUT2D eigenvalue weighted by Crippen LogP contribution is 2.33. The van der Waals surface area contributed by atoms with E-state index in [0.29, 0.717) is 10.0 Å². The van der Waals surface area contributed by atoms with E-state index in [-0.39, 0.29) is 11.1 Å². The zero-order valence-electron chi connectivity index (χ0n) is 7.45. The molecule has 4 heteroatoms. The Bertz CT molecular complexity index is 347. The summed E-state index contributed by atoms with van der Waals surface area (Å²) in [4.78, 5) is 0. The van der Waals surface area contributed by atoms with E-state index in [0.717, 1.165) is 6.92 Å². The molecule has 0 radical (unpaired) electrons. The predicted molar refractivity (Wildman–Crippen MR) is 56.1 cm³/mol. The molecule has 0 N–H and O–H groups in total. The van der Waals surface area contributed by atoms with Crippen LogP contribution in [-0.2, 0) is 0 Å². The lowest BCUT2D eigenvalue weighted by Crippen LogP contribution is -2.11. The molecule has 0 saturated heterocycles. The number of allylic oxidation sites excluding steroid dienone is 1. The van der Waals surface area contributed by atoms with Crippen LogP contribution in [0.1, 0.15) is 12.5 Å². The maximum Gasteiger partial charge on any atom is 0.270 e. The van der Waals surface area contributed by atoms with Crippen LogP contribution in [-0.4, -0.2) is 5.92 Å². The molecule has 0 aliphatic rings. The molecule has 0 unspecified atom stereocenters. The molecule has 0 spiro atoms. The average Bonchev–Trinajstić information content (AvgIpc) is 1.99. The van der Waals surface area contributed by atoms with Gasteiger partial charge in [0.15, 0.2) is 0 Å². The molecular weight excluding hydrogens is 229 g/mol. The van der Waals surface area contributed by atoms with Gasteiger partial charge in [0.1, 0.15) is 0 Å². The quantitative estimate of drug-likeness (QED) is 0.701. The normalized spacial score (nSPS) is 11.5. The summed E-state index contributed by atoms with van der Waals surface area (Å²) in [6.45, 7) is 4.09. The third-order valence-corrected chi connectivity index (χ3v) is 2.18. The average molecular weight is 237 g/mol. The summed E-state index contributed by atoms with van der Waals surface area (Å²) in [6.07, 6.45) is 0. The van der Waals surface area contributed by atoms with E-state index in [4.69, 9.17) is 23.2 Å². The molecule has 0 bridgehead atoms. The Morgan fingerprint density at radius 3 is 2.00 bits per heavy atom. The minimum Gasteiger partial charge on any atom is -0.202 e. The molecule has 76 valence electrons. The van der Waals surface area contributed by atoms with Gasteiger partial charge in [-0.2, -0.15) is 0 Å². The largest absolute Gasteiger partial charge is 0.270 e. The second-order valence-corrected chi connectivity index (χ2v) is 3.90. The molecule has 0 fully saturated rings. The number of hydrogen-bond donors (Lipinski definition) is 0. The second-order valence-electron chi connectivity index (χ2n) is 3.03. The molecule has 0 saturated carbocycles. The van der Waals surface area contributed by atoms with Gasteiger partial charge in [0.05, 0.1) is 0 Å². The van der Waals surface area contributed by atoms with Crippen LogP contribution in [0.2, 0.25) is 10.0 Å². The van der Waals surface area contributed by atoms with Crippen molar-refractivity contribution in [2.45, 2.75) is 12.8 Å². The van der Waals surface area contributed by atoms with Crippen LogP contribution in [0.15, 0.2) is 24.8 Å². The van der Waals surface area contributed by atoms with Gasteiger partial charge < -0.3 is 0 Å². The van der Waals surface area contributed by atoms with Crippen LogP contribution in [0.4, 0.5) is 8.78 Å². The van der Waals surface area contributed by atoms with Crippen molar-refractivity contribution in [3.63, 3.8) is 0 Å². The van der Waals surface area contributed by atoms with Crippen molar-refractivity contribution in [2.24, 2.45) is 0 Å². The first-order chi connectivity index (χ1) is 6.30. The van der Waals surface area contributed by atoms with Gasteiger partial charge in [-0.1, -0.05) is 29.8 Å². The Hall–Kier alpha value is -0.600. The fourth-order valence-corrected chi connectivity index (χ4v) is 1.51. The Morgan fingerprint density at radius 1 is 1.21 bits per heavy atom. The van der Waals surface area contributed by atoms with Crippen molar-refractivity contribution in [1.29, 1.82) is 0 Å². The lowest BCUT2D eigenvalue weighted by atomic mass is 10.0. The molecule has 0 amide bonds. The summed E-state index contributed by atoms with van der Waals surface area (Å²) >= 11 is 11.3. The lowest BCUT2D eigenvalue weighted by Gasteiger charge is -2.14. The van der Waals surface area contributed by atoms with Crippen molar-refractivity contribution in [1.82, 2.24) is 0 Å². The van der Waals surface area contributed by atoms with Crippen molar-refractivity contribution >= 4 is 28.8 Å². The van der Waals surface area contributed by atoms with E-state index in [1.165, 1.54) is 18.2 Å². The van der Waals surface area contributed by atoms with Crippen molar-refractivity contribution in [3.05, 3.63) is 40.4 Å². The highest BCUT2D eigenvalue weighted by Gasteiger charge is 2.27. The van der Waals surface area contributed by atoms with E-state index in [9.17, 15) is 8.78 Å². The second kappa shape index (κ2) is 3.87. The summed E-state index contributed by atoms with van der Waals surface area (Å²) < 4.78 is 25.8. The monoisotopic (exact) mass is 236 g/mol. The van der Waals surface area contributed by atoms with Crippen LogP contribution >= 0.6 is 23.2 Å². The fourth-order valence-electron chi connectivity index (χ4n) is 0.982. The molecule has 0 atom stereocenters. The predicted octanol–water partition coefficient (Wildman–Crippen LogP) is 4.66. The van der Waals surface area contributed by atoms with Gasteiger partial charge in [-0.05, 0) is 23.8 Å². The highest BCUT2D eigenvalue weighted by atomic mass is 35.5. The molecule has 0 nitrogen and oxygen atoms in total. The van der Waals surface area contributed by atoms with Gasteiger partial charge in [0.25, 0.3) is 5.92 Å². The third-order valence-electron chi connectivity index (χ3n) is 1.74. The van der Waals surface area contributed by atoms with Gasteiger partial charge in [-0.3, -0.25) is 0 Å². The van der Waals surface area contributed by atoms with Crippen molar-refractivity contribution in [2.75, 3.05) is 0 Å². The smallest absolute Gasteiger partial charge is 0.202 e. The zero-order chi connectivity index (χ0) is 10.9. The highest BCUT2D eigenvalue weighted by molar-refractivity contribution is 6.34. The van der Waals surface area contributed by atoms with Crippen LogP contribution in [0.25, 0.3) is 5.57 Å². The van der Waals surface area contributed by atoms with Gasteiger partial charge >= 0.3 is 0 Å². The number of halogens is 4. The molecule has 0 heterocycles. The zero-order valence-corrected chi connectivity index (χ0v) is 8.96. The van der Waals surface area contributed by atoms with Crippen molar-refractivity contribution in [3.8, 4) is 0 Å². The minimum atomic E-state index is -2.96. The molecule has 1 aromatic rings. The van der Waals surface area contributed by atoms with Crippen LogP contribution in [0.5, 0.6) is 0 Å². The van der Waals surface area contributed by atoms with E-state index >= 15 is 0 Å². The van der Waals surface area contributed by atoms with Crippen molar-refractivity contribution < 1.29 is 8.78 Å². The Kier molecular flexibility index (Phi) is 3.17. The first-order valence-electron chi connectivity index (χ1n) is 3.84. The lowest BCUT2D eigenvalue weighted by molar-refractivity contribution is 0.0896. The Balaban J connectivity index is 3.14. The Morgan fingerprint density at radius 2 is 1.64 bits per heavy atom. The van der Waals surface area contributed by atoms with Crippen LogP contribution in [0.3, 0.4) is 0 Å². The summed E-state index contributed by atoms with van der Waals surface area (Å²) in [5.74, 6) is -2.96. The third kappa shape index (κ3) is 2.69. The van der Waals surface area contributed by atoms with Gasteiger partial charge in [0, 0.05) is 22.5 Å². The summed E-state index contributed by atoms with van der Waals surface area (Å²) in [6, 6.07) is 4.30. The van der Waals surface area contributed by atoms with E-state index in [2.05, 4.69) is 6.58 Å². The molecule has 0 aliphatic carbocycles. The van der Waals surface area contributed by atoms with Gasteiger partial charge in [-0.25, -0.2) is 8.78 Å². The molecular formula is C10H8Cl2F2. The number of rotatable bonds is 2. The standard InChI is InChI=1S/C10H8Cl2F2/c1-6(10(2,13)14)7-3-8(11)5-9(12)4-7/h3-5H,1H2,2H3. The summed E-state index contributed by atoms with van der Waals surface area (Å²) in [5.41, 5.74) is -0.0306. The SMILES string of the molecule is C=C(c1cc(Cl)cc(Cl)c1)C(C)(F)F. The van der Waals surface area contributed by atoms with Gasteiger partial charge in [0.2, 0.25) is 0 Å². The Labute approximate surface area is 91.1 Å². The number of hydrogen-bond acceptors (Lipinski definition) is 0. The van der Waals surface area contributed by atoms with E-state index in [1.54, 1.807) is 0 Å². The maximum atomic E-state index is 12.9. The first-order valence-corrected chi connectivity index (χ1v) is 4.60. The van der Waals surface area contributed by atoms with Gasteiger partial charge in [-0.15, -0.1) is 0 Å². The summed E-state index contributed by atoms with van der Waals surface area (Å²) in [5, 5.41) is 0.635. The number of benzene rings is 1. The molecule has 14 heavy (non-hydrogen) atoms. The molecule has 0 aliphatic heterocycles. The fraction of sp³-hybridized carbons (Fsp3) is 0.200.